The molecule has 0 radical (unpaired) electrons. The molecule has 19 heavy (non-hydrogen) atoms. The monoisotopic (exact) mass is 267 g/mol. The average molecular weight is 267 g/mol. The highest BCUT2D eigenvalue weighted by atomic mass is 16.4. The summed E-state index contributed by atoms with van der Waals surface area (Å²) in [4.78, 5) is 30.6. The summed E-state index contributed by atoms with van der Waals surface area (Å²) in [6, 6.07) is 2.76. The number of urea groups is 1. The first-order chi connectivity index (χ1) is 9.04. The molecule has 1 aromatic rings. The van der Waals surface area contributed by atoms with Crippen molar-refractivity contribution in [2.45, 2.75) is 18.9 Å². The van der Waals surface area contributed by atoms with Crippen molar-refractivity contribution in [3.63, 3.8) is 0 Å². The molecular weight excluding hydrogens is 254 g/mol. The zero-order valence-corrected chi connectivity index (χ0v) is 10.2. The highest BCUT2D eigenvalue weighted by molar-refractivity contribution is 5.84. The lowest BCUT2D eigenvalue weighted by Gasteiger charge is -2.06. The van der Waals surface area contributed by atoms with Crippen LogP contribution < -0.4 is 5.32 Å². The smallest absolute Gasteiger partial charge is 0.356 e. The van der Waals surface area contributed by atoms with Crippen LogP contribution >= 0.6 is 0 Å². The standard InChI is InChI=1S/C5H9N3O2.C5H4N2O2/c1-8(7-10)5(9)6-4-2-3-4;8-5(9)4-2-1-3-6-7-4/h4H,2-3H2,1H3,(H,6,9);1-3H,(H,8,9). The molecule has 2 N–H and O–H groups in total. The first-order valence-electron chi connectivity index (χ1n) is 5.43. The molecule has 2 rings (SSSR count). The van der Waals surface area contributed by atoms with Crippen LogP contribution in [-0.2, 0) is 0 Å². The fraction of sp³-hybridized carbons (Fsp3) is 0.400. The van der Waals surface area contributed by atoms with Crippen LogP contribution in [0.3, 0.4) is 0 Å². The number of aromatic nitrogens is 2. The minimum absolute atomic E-state index is 0.0301. The van der Waals surface area contributed by atoms with Gasteiger partial charge >= 0.3 is 12.0 Å². The molecule has 1 saturated carbocycles. The van der Waals surface area contributed by atoms with Gasteiger partial charge in [-0.3, -0.25) is 0 Å². The maximum absolute atomic E-state index is 10.7. The molecule has 0 bridgehead atoms. The van der Waals surface area contributed by atoms with Gasteiger partial charge in [-0.25, -0.2) is 9.59 Å². The molecule has 0 saturated heterocycles. The summed E-state index contributed by atoms with van der Waals surface area (Å²) in [5, 5.41) is 20.8. The summed E-state index contributed by atoms with van der Waals surface area (Å²) >= 11 is 0. The van der Waals surface area contributed by atoms with Crippen LogP contribution in [0, 0.1) is 4.91 Å². The van der Waals surface area contributed by atoms with Gasteiger partial charge in [0, 0.05) is 19.3 Å². The summed E-state index contributed by atoms with van der Waals surface area (Å²) in [6.45, 7) is 0. The third-order valence-electron chi connectivity index (χ3n) is 2.11. The summed E-state index contributed by atoms with van der Waals surface area (Å²) in [6.07, 6.45) is 3.45. The molecule has 0 unspecified atom stereocenters. The molecule has 102 valence electrons. The van der Waals surface area contributed by atoms with E-state index in [1.807, 2.05) is 0 Å². The van der Waals surface area contributed by atoms with Gasteiger partial charge in [-0.15, -0.1) is 10.0 Å². The second-order valence-electron chi connectivity index (χ2n) is 3.74. The van der Waals surface area contributed by atoms with E-state index in [-0.39, 0.29) is 11.7 Å². The number of carbonyl (C=O) groups is 2. The Morgan fingerprint density at radius 2 is 2.21 bits per heavy atom. The summed E-state index contributed by atoms with van der Waals surface area (Å²) in [5.41, 5.74) is -0.0301. The van der Waals surface area contributed by atoms with Crippen molar-refractivity contribution < 1.29 is 14.7 Å². The van der Waals surface area contributed by atoms with Crippen LogP contribution in [0.1, 0.15) is 23.3 Å². The Hall–Kier alpha value is -2.58. The number of carboxylic acids is 1. The normalized spacial score (nSPS) is 12.7. The van der Waals surface area contributed by atoms with Gasteiger partial charge in [-0.05, 0) is 25.0 Å². The largest absolute Gasteiger partial charge is 0.476 e. The highest BCUT2D eigenvalue weighted by Gasteiger charge is 2.24. The van der Waals surface area contributed by atoms with Gasteiger partial charge < -0.3 is 10.4 Å². The third kappa shape index (κ3) is 5.52. The Bertz CT molecular complexity index is 448. The highest BCUT2D eigenvalue weighted by Crippen LogP contribution is 2.18. The Morgan fingerprint density at radius 3 is 2.58 bits per heavy atom. The molecule has 2 amide bonds. The number of nitrogens with one attached hydrogen (secondary N) is 1. The number of carbonyl (C=O) groups excluding carboxylic acids is 1. The van der Waals surface area contributed by atoms with Crippen LogP contribution in [0.25, 0.3) is 0 Å². The number of nitroso groups, excluding NO2 is 1. The van der Waals surface area contributed by atoms with Crippen molar-refractivity contribution in [3.8, 4) is 0 Å². The van der Waals surface area contributed by atoms with E-state index in [2.05, 4.69) is 20.8 Å². The van der Waals surface area contributed by atoms with E-state index in [1.54, 1.807) is 0 Å². The van der Waals surface area contributed by atoms with E-state index < -0.39 is 12.0 Å². The van der Waals surface area contributed by atoms with Crippen LogP contribution in [-0.4, -0.2) is 45.4 Å². The first kappa shape index (κ1) is 14.5. The predicted molar refractivity (Wildman–Crippen MR) is 64.1 cm³/mol. The molecule has 0 aliphatic heterocycles. The molecule has 0 atom stereocenters. The second kappa shape index (κ2) is 6.99. The van der Waals surface area contributed by atoms with Crippen LogP contribution in [0.15, 0.2) is 23.6 Å². The van der Waals surface area contributed by atoms with Crippen molar-refractivity contribution >= 4 is 12.0 Å². The minimum Gasteiger partial charge on any atom is -0.476 e. The Labute approximate surface area is 108 Å². The van der Waals surface area contributed by atoms with Crippen molar-refractivity contribution in [1.29, 1.82) is 0 Å². The van der Waals surface area contributed by atoms with E-state index in [4.69, 9.17) is 5.11 Å². The fourth-order valence-corrected chi connectivity index (χ4v) is 0.948. The number of carboxylic acid groups (broad SMARTS) is 1. The zero-order valence-electron chi connectivity index (χ0n) is 10.2. The van der Waals surface area contributed by atoms with Crippen molar-refractivity contribution in [3.05, 3.63) is 28.9 Å². The zero-order chi connectivity index (χ0) is 14.3. The van der Waals surface area contributed by atoms with Crippen LogP contribution in [0.2, 0.25) is 0 Å². The van der Waals surface area contributed by atoms with Gasteiger partial charge in [-0.2, -0.15) is 10.1 Å². The molecule has 1 aliphatic carbocycles. The molecule has 9 nitrogen and oxygen atoms in total. The molecule has 1 aliphatic rings. The van der Waals surface area contributed by atoms with E-state index >= 15 is 0 Å². The molecule has 1 fully saturated rings. The minimum atomic E-state index is -1.05. The van der Waals surface area contributed by atoms with Gasteiger partial charge in [-0.1, -0.05) is 0 Å². The molecule has 9 heteroatoms. The predicted octanol–water partition coefficient (Wildman–Crippen LogP) is 0.646. The van der Waals surface area contributed by atoms with Gasteiger partial charge in [0.15, 0.2) is 5.69 Å². The SMILES string of the molecule is CN(N=O)C(=O)NC1CC1.O=C(O)c1cccnn1. The van der Waals surface area contributed by atoms with E-state index in [1.165, 1.54) is 25.4 Å². The number of nitrogens with zero attached hydrogens (tertiary/aromatic N) is 4. The number of hydrogen-bond acceptors (Lipinski definition) is 6. The van der Waals surface area contributed by atoms with E-state index in [0.29, 0.717) is 0 Å². The quantitative estimate of drug-likeness (QED) is 0.611. The second-order valence-corrected chi connectivity index (χ2v) is 3.74. The van der Waals surface area contributed by atoms with Crippen LogP contribution in [0.4, 0.5) is 4.79 Å². The lowest BCUT2D eigenvalue weighted by molar-refractivity contribution is 0.0689. The van der Waals surface area contributed by atoms with Crippen LogP contribution in [0.5, 0.6) is 0 Å². The van der Waals surface area contributed by atoms with Gasteiger partial charge in [0.1, 0.15) is 0 Å². The number of aromatic carboxylic acids is 1. The molecule has 0 spiro atoms. The molecular formula is C10H13N5O4. The lowest BCUT2D eigenvalue weighted by atomic mass is 10.4. The number of hydrogen-bond donors (Lipinski definition) is 2. The Balaban J connectivity index is 0.000000191. The van der Waals surface area contributed by atoms with Crippen molar-refractivity contribution in [1.82, 2.24) is 20.5 Å². The lowest BCUT2D eigenvalue weighted by Crippen LogP contribution is -2.34. The van der Waals surface area contributed by atoms with Gasteiger partial charge in [0.2, 0.25) is 0 Å². The first-order valence-corrected chi connectivity index (χ1v) is 5.43. The topological polar surface area (TPSA) is 125 Å². The average Bonchev–Trinajstić information content (AvgIpc) is 3.23. The Morgan fingerprint density at radius 1 is 1.53 bits per heavy atom. The number of rotatable bonds is 3. The maximum Gasteiger partial charge on any atom is 0.356 e. The van der Waals surface area contributed by atoms with Crippen molar-refractivity contribution in [2.75, 3.05) is 7.05 Å². The van der Waals surface area contributed by atoms with Gasteiger partial charge in [0.05, 0.1) is 5.29 Å². The third-order valence-corrected chi connectivity index (χ3v) is 2.11. The Kier molecular flexibility index (Phi) is 5.33. The molecule has 1 heterocycles. The van der Waals surface area contributed by atoms with Gasteiger partial charge in [0.25, 0.3) is 0 Å². The number of amides is 2. The summed E-state index contributed by atoms with van der Waals surface area (Å²) < 4.78 is 0. The maximum atomic E-state index is 10.7. The fourth-order valence-electron chi connectivity index (χ4n) is 0.948. The molecule has 1 aromatic heterocycles. The van der Waals surface area contributed by atoms with E-state index in [9.17, 15) is 14.5 Å². The van der Waals surface area contributed by atoms with E-state index in [0.717, 1.165) is 17.9 Å². The molecule has 0 aromatic carbocycles. The summed E-state index contributed by atoms with van der Waals surface area (Å²) in [5.74, 6) is -1.05. The summed E-state index contributed by atoms with van der Waals surface area (Å²) in [7, 11) is 1.32. The van der Waals surface area contributed by atoms with Crippen molar-refractivity contribution in [2.24, 2.45) is 5.29 Å².